The number of amides is 2. The molecule has 144 valence electrons. The molecule has 2 rings (SSSR count). The van der Waals surface area contributed by atoms with Crippen molar-refractivity contribution in [2.45, 2.75) is 51.1 Å². The number of carboxylic acid groups (broad SMARTS) is 1. The number of carbonyl (C=O) groups is 2. The zero-order chi connectivity index (χ0) is 18.9. The second-order valence-corrected chi connectivity index (χ2v) is 7.29. The highest BCUT2D eigenvalue weighted by Crippen LogP contribution is 2.37. The van der Waals surface area contributed by atoms with Gasteiger partial charge in [-0.15, -0.1) is 0 Å². The Balaban J connectivity index is 1.71. The zero-order valence-electron chi connectivity index (χ0n) is 14.7. The van der Waals surface area contributed by atoms with Crippen LogP contribution >= 0.6 is 11.6 Å². The van der Waals surface area contributed by atoms with E-state index in [9.17, 15) is 14.0 Å². The lowest BCUT2D eigenvalue weighted by atomic mass is 9.89. The normalized spacial score (nSPS) is 22.2. The summed E-state index contributed by atoms with van der Waals surface area (Å²) in [5.41, 5.74) is 0.650. The van der Waals surface area contributed by atoms with Crippen LogP contribution in [-0.4, -0.2) is 29.8 Å². The molecule has 26 heavy (non-hydrogen) atoms. The molecule has 3 atom stereocenters. The van der Waals surface area contributed by atoms with E-state index >= 15 is 0 Å². The molecule has 0 spiro atoms. The third-order valence-electron chi connectivity index (χ3n) is 4.94. The van der Waals surface area contributed by atoms with Crippen LogP contribution in [0.2, 0.25) is 5.02 Å². The van der Waals surface area contributed by atoms with Gasteiger partial charge in [-0.05, 0) is 61.8 Å². The van der Waals surface area contributed by atoms with Crippen LogP contribution in [0.5, 0.6) is 0 Å². The van der Waals surface area contributed by atoms with Crippen molar-refractivity contribution < 1.29 is 19.1 Å². The van der Waals surface area contributed by atoms with Gasteiger partial charge in [0.1, 0.15) is 6.17 Å². The van der Waals surface area contributed by atoms with E-state index in [1.807, 2.05) is 0 Å². The average molecular weight is 385 g/mol. The van der Waals surface area contributed by atoms with Crippen molar-refractivity contribution in [1.82, 2.24) is 5.32 Å². The fraction of sp³-hybridized carbons (Fsp3) is 0.579. The first kappa shape index (κ1) is 20.5. The summed E-state index contributed by atoms with van der Waals surface area (Å²) in [5.74, 6) is -0.723. The van der Waals surface area contributed by atoms with Crippen LogP contribution in [0.4, 0.5) is 14.9 Å². The monoisotopic (exact) mass is 384 g/mol. The summed E-state index contributed by atoms with van der Waals surface area (Å²) in [5, 5.41) is 14.8. The Labute approximate surface area is 158 Å². The van der Waals surface area contributed by atoms with Gasteiger partial charge in [-0.2, -0.15) is 0 Å². The standard InChI is InChI=1S/C19H26ClFN2O3/c20-14-7-9-15(10-8-14)23-19(26)22-12-13-6-11-17(21)16(13)4-2-1-3-5-18(24)25/h7-10,13,16-17H,1-6,11-12H2,(H,24,25)(H2,22,23,26)/t13-,16-,17-/m1/s1. The number of halogens is 2. The lowest BCUT2D eigenvalue weighted by Crippen LogP contribution is -2.35. The molecule has 1 aliphatic rings. The number of hydrogen-bond acceptors (Lipinski definition) is 2. The number of alkyl halides is 1. The average Bonchev–Trinajstić information content (AvgIpc) is 2.95. The second-order valence-electron chi connectivity index (χ2n) is 6.85. The lowest BCUT2D eigenvalue weighted by molar-refractivity contribution is -0.137. The number of rotatable bonds is 9. The summed E-state index contributed by atoms with van der Waals surface area (Å²) in [7, 11) is 0. The van der Waals surface area contributed by atoms with Crippen molar-refractivity contribution in [2.75, 3.05) is 11.9 Å². The zero-order valence-corrected chi connectivity index (χ0v) is 15.5. The number of aliphatic carboxylic acids is 1. The van der Waals surface area contributed by atoms with Crippen LogP contribution in [0.1, 0.15) is 44.9 Å². The first-order valence-corrected chi connectivity index (χ1v) is 9.50. The summed E-state index contributed by atoms with van der Waals surface area (Å²) in [4.78, 5) is 22.5. The molecule has 7 heteroatoms. The number of unbranched alkanes of at least 4 members (excludes halogenated alkanes) is 2. The number of benzene rings is 1. The Bertz CT molecular complexity index is 597. The third-order valence-corrected chi connectivity index (χ3v) is 5.19. The second kappa shape index (κ2) is 10.4. The molecule has 1 fully saturated rings. The van der Waals surface area contributed by atoms with E-state index < -0.39 is 12.1 Å². The fourth-order valence-electron chi connectivity index (χ4n) is 3.53. The molecule has 2 amide bonds. The molecule has 1 aromatic rings. The van der Waals surface area contributed by atoms with Gasteiger partial charge in [0.05, 0.1) is 0 Å². The molecular weight excluding hydrogens is 359 g/mol. The van der Waals surface area contributed by atoms with Crippen molar-refractivity contribution >= 4 is 29.3 Å². The minimum absolute atomic E-state index is 0.0596. The molecule has 0 radical (unpaired) electrons. The number of anilines is 1. The van der Waals surface area contributed by atoms with Crippen molar-refractivity contribution in [3.63, 3.8) is 0 Å². The van der Waals surface area contributed by atoms with Gasteiger partial charge in [-0.3, -0.25) is 4.79 Å². The number of carboxylic acids is 1. The lowest BCUT2D eigenvalue weighted by Gasteiger charge is -2.21. The van der Waals surface area contributed by atoms with Gasteiger partial charge in [-0.1, -0.05) is 24.4 Å². The molecule has 0 unspecified atom stereocenters. The van der Waals surface area contributed by atoms with Crippen LogP contribution in [0, 0.1) is 11.8 Å². The Hall–Kier alpha value is -1.82. The Morgan fingerprint density at radius 2 is 1.88 bits per heavy atom. The van der Waals surface area contributed by atoms with Crippen molar-refractivity contribution in [2.24, 2.45) is 11.8 Å². The molecule has 3 N–H and O–H groups in total. The van der Waals surface area contributed by atoms with E-state index in [0.29, 0.717) is 30.1 Å². The number of nitrogens with one attached hydrogen (secondary N) is 2. The topological polar surface area (TPSA) is 78.4 Å². The molecule has 5 nitrogen and oxygen atoms in total. The van der Waals surface area contributed by atoms with Crippen LogP contribution in [0.15, 0.2) is 24.3 Å². The number of carbonyl (C=O) groups excluding carboxylic acids is 1. The van der Waals surface area contributed by atoms with Gasteiger partial charge in [0.25, 0.3) is 0 Å². The maximum Gasteiger partial charge on any atom is 0.319 e. The van der Waals surface area contributed by atoms with Gasteiger partial charge in [0, 0.05) is 23.7 Å². The molecule has 0 aliphatic heterocycles. The van der Waals surface area contributed by atoms with Crippen LogP contribution in [-0.2, 0) is 4.79 Å². The maximum atomic E-state index is 14.1. The van der Waals surface area contributed by atoms with Gasteiger partial charge in [-0.25, -0.2) is 9.18 Å². The molecule has 0 aromatic heterocycles. The Kier molecular flexibility index (Phi) is 8.16. The van der Waals surface area contributed by atoms with E-state index in [2.05, 4.69) is 10.6 Å². The predicted molar refractivity (Wildman–Crippen MR) is 100 cm³/mol. The molecule has 1 aliphatic carbocycles. The number of urea groups is 1. The van der Waals surface area contributed by atoms with Gasteiger partial charge < -0.3 is 15.7 Å². The summed E-state index contributed by atoms with van der Waals surface area (Å²) in [6.45, 7) is 0.444. The van der Waals surface area contributed by atoms with Crippen molar-refractivity contribution in [1.29, 1.82) is 0 Å². The maximum absolute atomic E-state index is 14.1. The van der Waals surface area contributed by atoms with E-state index in [-0.39, 0.29) is 24.3 Å². The molecular formula is C19H26ClFN2O3. The highest BCUT2D eigenvalue weighted by Gasteiger charge is 2.35. The quantitative estimate of drug-likeness (QED) is 0.532. The molecule has 0 saturated heterocycles. The van der Waals surface area contributed by atoms with Gasteiger partial charge >= 0.3 is 12.0 Å². The smallest absolute Gasteiger partial charge is 0.319 e. The van der Waals surface area contributed by atoms with E-state index in [1.54, 1.807) is 24.3 Å². The Morgan fingerprint density at radius 1 is 1.15 bits per heavy atom. The largest absolute Gasteiger partial charge is 0.481 e. The minimum atomic E-state index is -0.833. The van der Waals surface area contributed by atoms with E-state index in [1.165, 1.54) is 0 Å². The molecule has 1 saturated carbocycles. The summed E-state index contributed by atoms with van der Waals surface area (Å²) in [6, 6.07) is 6.52. The Morgan fingerprint density at radius 3 is 2.58 bits per heavy atom. The SMILES string of the molecule is O=C(O)CCCCC[C@@H]1[C@@H](CNC(=O)Nc2ccc(Cl)cc2)CC[C@H]1F. The molecule has 1 aromatic carbocycles. The molecule has 0 heterocycles. The first-order chi connectivity index (χ1) is 12.5. The predicted octanol–water partition coefficient (Wildman–Crippen LogP) is 4.86. The van der Waals surface area contributed by atoms with Crippen LogP contribution in [0.25, 0.3) is 0 Å². The van der Waals surface area contributed by atoms with Crippen LogP contribution in [0.3, 0.4) is 0 Å². The fourth-order valence-corrected chi connectivity index (χ4v) is 3.66. The highest BCUT2D eigenvalue weighted by atomic mass is 35.5. The van der Waals surface area contributed by atoms with Crippen LogP contribution < -0.4 is 10.6 Å². The van der Waals surface area contributed by atoms with Crippen molar-refractivity contribution in [3.05, 3.63) is 29.3 Å². The third kappa shape index (κ3) is 6.83. The summed E-state index contributed by atoms with van der Waals surface area (Å²) in [6.07, 6.45) is 3.63. The summed E-state index contributed by atoms with van der Waals surface area (Å²) < 4.78 is 14.1. The van der Waals surface area contributed by atoms with Crippen molar-refractivity contribution in [3.8, 4) is 0 Å². The minimum Gasteiger partial charge on any atom is -0.481 e. The molecule has 0 bridgehead atoms. The highest BCUT2D eigenvalue weighted by molar-refractivity contribution is 6.30. The van der Waals surface area contributed by atoms with Gasteiger partial charge in [0.15, 0.2) is 0 Å². The van der Waals surface area contributed by atoms with E-state index in [0.717, 1.165) is 25.7 Å². The number of hydrogen-bond donors (Lipinski definition) is 3. The first-order valence-electron chi connectivity index (χ1n) is 9.12. The summed E-state index contributed by atoms with van der Waals surface area (Å²) >= 11 is 5.81. The van der Waals surface area contributed by atoms with Gasteiger partial charge in [0.2, 0.25) is 0 Å². The van der Waals surface area contributed by atoms with E-state index in [4.69, 9.17) is 16.7 Å².